The first-order chi connectivity index (χ1) is 7.85. The first-order valence-corrected chi connectivity index (χ1v) is 5.75. The van der Waals surface area contributed by atoms with Crippen LogP contribution in [0.3, 0.4) is 0 Å². The van der Waals surface area contributed by atoms with Gasteiger partial charge in [-0.05, 0) is 22.9 Å². The molecule has 0 aliphatic heterocycles. The molecule has 0 aliphatic carbocycles. The van der Waals surface area contributed by atoms with Gasteiger partial charge in [0.2, 0.25) is 0 Å². The molecule has 1 atom stereocenters. The third kappa shape index (κ3) is 4.29. The van der Waals surface area contributed by atoms with E-state index >= 15 is 0 Å². The molecule has 1 unspecified atom stereocenters. The second-order valence-electron chi connectivity index (χ2n) is 3.43. The van der Waals surface area contributed by atoms with Gasteiger partial charge >= 0.3 is 6.18 Å². The van der Waals surface area contributed by atoms with E-state index in [-0.39, 0.29) is 6.61 Å². The number of halogens is 4. The summed E-state index contributed by atoms with van der Waals surface area (Å²) in [7, 11) is 0. The highest BCUT2D eigenvalue weighted by Crippen LogP contribution is 2.23. The monoisotopic (exact) mass is 315 g/mol. The van der Waals surface area contributed by atoms with Crippen molar-refractivity contribution in [2.45, 2.75) is 25.7 Å². The lowest BCUT2D eigenvalue weighted by Gasteiger charge is -2.15. The van der Waals surface area contributed by atoms with Crippen molar-refractivity contribution in [3.8, 4) is 0 Å². The molecule has 17 heavy (non-hydrogen) atoms. The largest absolute Gasteiger partial charge is 0.411 e. The van der Waals surface area contributed by atoms with Crippen molar-refractivity contribution in [1.82, 2.24) is 9.78 Å². The van der Waals surface area contributed by atoms with Crippen molar-refractivity contribution in [3.05, 3.63) is 16.4 Å². The summed E-state index contributed by atoms with van der Waals surface area (Å²) < 4.78 is 42.5. The van der Waals surface area contributed by atoms with Crippen molar-refractivity contribution >= 4 is 15.9 Å². The summed E-state index contributed by atoms with van der Waals surface area (Å²) in [6.07, 6.45) is -2.77. The molecule has 98 valence electrons. The van der Waals surface area contributed by atoms with Crippen molar-refractivity contribution in [2.75, 3.05) is 13.2 Å². The lowest BCUT2D eigenvalue weighted by Crippen LogP contribution is -2.25. The van der Waals surface area contributed by atoms with Gasteiger partial charge in [0.25, 0.3) is 0 Å². The maximum atomic E-state index is 11.9. The summed E-state index contributed by atoms with van der Waals surface area (Å²) in [5.74, 6) is 0. The first-order valence-electron chi connectivity index (χ1n) is 4.96. The molecule has 4 nitrogen and oxygen atoms in total. The Morgan fingerprint density at radius 3 is 2.76 bits per heavy atom. The van der Waals surface area contributed by atoms with Crippen LogP contribution in [0.4, 0.5) is 13.2 Å². The van der Waals surface area contributed by atoms with Gasteiger partial charge in [-0.1, -0.05) is 0 Å². The number of hydrogen-bond donors (Lipinski definition) is 1. The molecule has 0 spiro atoms. The normalized spacial score (nSPS) is 14.0. The fourth-order valence-corrected chi connectivity index (χ4v) is 1.96. The third-order valence-electron chi connectivity index (χ3n) is 2.05. The zero-order valence-electron chi connectivity index (χ0n) is 9.17. The van der Waals surface area contributed by atoms with Gasteiger partial charge in [0.1, 0.15) is 6.61 Å². The van der Waals surface area contributed by atoms with Crippen LogP contribution < -0.4 is 5.73 Å². The molecule has 1 rings (SSSR count). The first kappa shape index (κ1) is 14.5. The minimum atomic E-state index is -4.33. The van der Waals surface area contributed by atoms with Crippen LogP contribution >= 0.6 is 15.9 Å². The number of aromatic nitrogens is 2. The molecule has 0 saturated heterocycles. The fourth-order valence-electron chi connectivity index (χ4n) is 1.37. The number of aryl methyl sites for hydroxylation is 1. The Kier molecular flexibility index (Phi) is 4.96. The van der Waals surface area contributed by atoms with Gasteiger partial charge in [0, 0.05) is 6.54 Å². The Hall–Kier alpha value is -0.600. The van der Waals surface area contributed by atoms with E-state index < -0.39 is 18.8 Å². The van der Waals surface area contributed by atoms with Crippen LogP contribution in [0, 0.1) is 0 Å². The van der Waals surface area contributed by atoms with Gasteiger partial charge < -0.3 is 10.5 Å². The standard InChI is InChI=1S/C9H13BrF3N3O/c1-2-16-8(6(10)3-15-16)7(14)4-17-5-9(11,12)13/h3,7H,2,4-5,14H2,1H3. The summed E-state index contributed by atoms with van der Waals surface area (Å²) in [5.41, 5.74) is 6.40. The van der Waals surface area contributed by atoms with Crippen LogP contribution in [0.25, 0.3) is 0 Å². The van der Waals surface area contributed by atoms with Gasteiger partial charge in [-0.15, -0.1) is 0 Å². The molecule has 0 fully saturated rings. The van der Waals surface area contributed by atoms with Gasteiger partial charge in [-0.3, -0.25) is 4.68 Å². The Morgan fingerprint density at radius 1 is 1.59 bits per heavy atom. The average molecular weight is 316 g/mol. The SMILES string of the molecule is CCn1ncc(Br)c1C(N)COCC(F)(F)F. The quantitative estimate of drug-likeness (QED) is 0.906. The predicted molar refractivity (Wildman–Crippen MR) is 59.4 cm³/mol. The van der Waals surface area contributed by atoms with Crippen molar-refractivity contribution in [2.24, 2.45) is 5.73 Å². The van der Waals surface area contributed by atoms with Crippen molar-refractivity contribution < 1.29 is 17.9 Å². The molecule has 0 aliphatic rings. The number of alkyl halides is 3. The molecule has 0 radical (unpaired) electrons. The summed E-state index contributed by atoms with van der Waals surface area (Å²) >= 11 is 3.25. The molecule has 1 aromatic heterocycles. The Balaban J connectivity index is 2.57. The number of ether oxygens (including phenoxy) is 1. The Morgan fingerprint density at radius 2 is 2.24 bits per heavy atom. The molecule has 0 saturated carbocycles. The maximum absolute atomic E-state index is 11.9. The highest BCUT2D eigenvalue weighted by Gasteiger charge is 2.28. The summed E-state index contributed by atoms with van der Waals surface area (Å²) in [4.78, 5) is 0. The van der Waals surface area contributed by atoms with Crippen LogP contribution in [0.2, 0.25) is 0 Å². The molecular formula is C9H13BrF3N3O. The Bertz CT molecular complexity index is 367. The molecule has 1 heterocycles. The average Bonchev–Trinajstić information content (AvgIpc) is 2.57. The minimum absolute atomic E-state index is 0.205. The maximum Gasteiger partial charge on any atom is 0.411 e. The van der Waals surface area contributed by atoms with Gasteiger partial charge in [-0.25, -0.2) is 0 Å². The van der Waals surface area contributed by atoms with E-state index in [1.54, 1.807) is 10.9 Å². The zero-order chi connectivity index (χ0) is 13.1. The lowest BCUT2D eigenvalue weighted by atomic mass is 10.2. The molecule has 0 aromatic carbocycles. The predicted octanol–water partition coefficient (Wildman–Crippen LogP) is 2.24. The summed E-state index contributed by atoms with van der Waals surface area (Å²) in [6.45, 7) is 0.961. The van der Waals surface area contributed by atoms with E-state index in [4.69, 9.17) is 5.73 Å². The van der Waals surface area contributed by atoms with E-state index in [0.29, 0.717) is 16.7 Å². The van der Waals surface area contributed by atoms with E-state index in [0.717, 1.165) is 0 Å². The topological polar surface area (TPSA) is 53.1 Å². The van der Waals surface area contributed by atoms with E-state index in [9.17, 15) is 13.2 Å². The number of rotatable bonds is 5. The number of hydrogen-bond acceptors (Lipinski definition) is 3. The minimum Gasteiger partial charge on any atom is -0.370 e. The van der Waals surface area contributed by atoms with Crippen LogP contribution in [0.15, 0.2) is 10.7 Å². The number of nitrogens with zero attached hydrogens (tertiary/aromatic N) is 2. The van der Waals surface area contributed by atoms with Crippen LogP contribution in [-0.2, 0) is 11.3 Å². The molecule has 2 N–H and O–H groups in total. The second-order valence-corrected chi connectivity index (χ2v) is 4.28. The van der Waals surface area contributed by atoms with Crippen LogP contribution in [-0.4, -0.2) is 29.2 Å². The highest BCUT2D eigenvalue weighted by atomic mass is 79.9. The van der Waals surface area contributed by atoms with Gasteiger partial charge in [0.05, 0.1) is 29.0 Å². The lowest BCUT2D eigenvalue weighted by molar-refractivity contribution is -0.175. The van der Waals surface area contributed by atoms with Crippen molar-refractivity contribution in [3.63, 3.8) is 0 Å². The van der Waals surface area contributed by atoms with Crippen LogP contribution in [0.5, 0.6) is 0 Å². The molecule has 1 aromatic rings. The van der Waals surface area contributed by atoms with Gasteiger partial charge in [0.15, 0.2) is 0 Å². The summed E-state index contributed by atoms with van der Waals surface area (Å²) in [6, 6.07) is -0.644. The summed E-state index contributed by atoms with van der Waals surface area (Å²) in [5, 5.41) is 4.02. The van der Waals surface area contributed by atoms with E-state index in [2.05, 4.69) is 25.8 Å². The van der Waals surface area contributed by atoms with Crippen molar-refractivity contribution in [1.29, 1.82) is 0 Å². The van der Waals surface area contributed by atoms with E-state index in [1.807, 2.05) is 6.92 Å². The second kappa shape index (κ2) is 5.83. The smallest absolute Gasteiger partial charge is 0.370 e. The zero-order valence-corrected chi connectivity index (χ0v) is 10.8. The molecule has 0 bridgehead atoms. The number of nitrogens with two attached hydrogens (primary N) is 1. The molecule has 0 amide bonds. The van der Waals surface area contributed by atoms with E-state index in [1.165, 1.54) is 0 Å². The Labute approximate surface area is 105 Å². The fraction of sp³-hybridized carbons (Fsp3) is 0.667. The molecule has 8 heteroatoms. The molecular weight excluding hydrogens is 303 g/mol. The van der Waals surface area contributed by atoms with Crippen LogP contribution in [0.1, 0.15) is 18.7 Å². The highest BCUT2D eigenvalue weighted by molar-refractivity contribution is 9.10. The third-order valence-corrected chi connectivity index (χ3v) is 2.66. The van der Waals surface area contributed by atoms with Gasteiger partial charge in [-0.2, -0.15) is 18.3 Å².